The van der Waals surface area contributed by atoms with Gasteiger partial charge in [-0.05, 0) is 62.2 Å². The minimum Gasteiger partial charge on any atom is -0.322 e. The van der Waals surface area contributed by atoms with Crippen molar-refractivity contribution in [2.24, 2.45) is 0 Å². The van der Waals surface area contributed by atoms with Gasteiger partial charge in [-0.3, -0.25) is 9.59 Å². The number of para-hydroxylation sites is 1. The SMILES string of the molecule is Cc1ccc(C(=O)Nc2ccc3nc(SCC(=O)N4c5ccccc5CC4C)sc3c2)cc1. The quantitative estimate of drug-likeness (QED) is 0.365. The van der Waals surface area contributed by atoms with Gasteiger partial charge < -0.3 is 10.2 Å². The second-order valence-electron chi connectivity index (χ2n) is 8.22. The predicted octanol–water partition coefficient (Wildman–Crippen LogP) is 5.93. The lowest BCUT2D eigenvalue weighted by Gasteiger charge is -2.22. The fraction of sp³-hybridized carbons (Fsp3) is 0.192. The summed E-state index contributed by atoms with van der Waals surface area (Å²) in [6.07, 6.45) is 0.894. The Balaban J connectivity index is 1.26. The molecule has 0 aliphatic carbocycles. The molecule has 0 spiro atoms. The first-order valence-electron chi connectivity index (χ1n) is 10.8. The van der Waals surface area contributed by atoms with Crippen LogP contribution >= 0.6 is 23.1 Å². The first kappa shape index (κ1) is 21.7. The highest BCUT2D eigenvalue weighted by atomic mass is 32.2. The lowest BCUT2D eigenvalue weighted by atomic mass is 10.1. The predicted molar refractivity (Wildman–Crippen MR) is 137 cm³/mol. The number of aromatic nitrogens is 1. The van der Waals surface area contributed by atoms with E-state index >= 15 is 0 Å². The number of amides is 2. The van der Waals surface area contributed by atoms with Gasteiger partial charge in [-0.25, -0.2) is 4.98 Å². The van der Waals surface area contributed by atoms with Gasteiger partial charge in [0.25, 0.3) is 5.91 Å². The molecule has 1 unspecified atom stereocenters. The summed E-state index contributed by atoms with van der Waals surface area (Å²) in [6, 6.07) is 21.5. The zero-order chi connectivity index (χ0) is 22.9. The maximum absolute atomic E-state index is 13.0. The summed E-state index contributed by atoms with van der Waals surface area (Å²) in [5.74, 6) is 0.303. The van der Waals surface area contributed by atoms with Gasteiger partial charge in [0.2, 0.25) is 5.91 Å². The van der Waals surface area contributed by atoms with Crippen molar-refractivity contribution in [3.05, 3.63) is 83.4 Å². The van der Waals surface area contributed by atoms with Gasteiger partial charge in [0, 0.05) is 23.0 Å². The maximum atomic E-state index is 13.0. The number of hydrogen-bond donors (Lipinski definition) is 1. The van der Waals surface area contributed by atoms with Crippen molar-refractivity contribution < 1.29 is 9.59 Å². The third kappa shape index (κ3) is 4.51. The maximum Gasteiger partial charge on any atom is 0.255 e. The van der Waals surface area contributed by atoms with Crippen LogP contribution in [-0.2, 0) is 11.2 Å². The Morgan fingerprint density at radius 3 is 2.73 bits per heavy atom. The Morgan fingerprint density at radius 2 is 1.91 bits per heavy atom. The van der Waals surface area contributed by atoms with Crippen LogP contribution < -0.4 is 10.2 Å². The summed E-state index contributed by atoms with van der Waals surface area (Å²) in [7, 11) is 0. The van der Waals surface area contributed by atoms with E-state index in [1.165, 1.54) is 28.7 Å². The molecule has 2 amide bonds. The molecule has 166 valence electrons. The van der Waals surface area contributed by atoms with Crippen molar-refractivity contribution in [1.29, 1.82) is 0 Å². The molecule has 0 fully saturated rings. The second-order valence-corrected chi connectivity index (χ2v) is 10.5. The number of thioether (sulfide) groups is 1. The number of benzene rings is 3. The van der Waals surface area contributed by atoms with Gasteiger partial charge in [-0.1, -0.05) is 47.7 Å². The topological polar surface area (TPSA) is 62.3 Å². The van der Waals surface area contributed by atoms with E-state index in [0.29, 0.717) is 11.3 Å². The van der Waals surface area contributed by atoms with Crippen LogP contribution in [-0.4, -0.2) is 28.6 Å². The molecule has 3 aromatic carbocycles. The fourth-order valence-electron chi connectivity index (χ4n) is 4.09. The highest BCUT2D eigenvalue weighted by molar-refractivity contribution is 8.01. The minimum atomic E-state index is -0.140. The van der Waals surface area contributed by atoms with Crippen LogP contribution in [0.4, 0.5) is 11.4 Å². The van der Waals surface area contributed by atoms with Crippen LogP contribution in [0, 0.1) is 6.92 Å². The van der Waals surface area contributed by atoms with E-state index in [2.05, 4.69) is 23.3 Å². The second kappa shape index (κ2) is 9.00. The summed E-state index contributed by atoms with van der Waals surface area (Å²) < 4.78 is 1.83. The number of nitrogens with zero attached hydrogens (tertiary/aromatic N) is 2. The van der Waals surface area contributed by atoms with Gasteiger partial charge in [0.05, 0.1) is 16.0 Å². The number of carbonyl (C=O) groups excluding carboxylic acids is 2. The molecule has 1 aliphatic rings. The van der Waals surface area contributed by atoms with Gasteiger partial charge in [0.15, 0.2) is 4.34 Å². The number of rotatable bonds is 5. The average molecular weight is 474 g/mol. The van der Waals surface area contributed by atoms with E-state index in [-0.39, 0.29) is 17.9 Å². The molecule has 4 aromatic rings. The standard InChI is InChI=1S/C26H23N3O2S2/c1-16-7-9-18(10-8-16)25(31)27-20-11-12-21-23(14-20)33-26(28-21)32-15-24(30)29-17(2)13-19-5-3-4-6-22(19)29/h3-12,14,17H,13,15H2,1-2H3,(H,27,31). The number of thiazole rings is 1. The number of anilines is 2. The number of nitrogens with one attached hydrogen (secondary N) is 1. The summed E-state index contributed by atoms with van der Waals surface area (Å²) in [5, 5.41) is 2.95. The molecular formula is C26H23N3O2S2. The lowest BCUT2D eigenvalue weighted by molar-refractivity contribution is -0.116. The van der Waals surface area contributed by atoms with Crippen molar-refractivity contribution in [1.82, 2.24) is 4.98 Å². The average Bonchev–Trinajstić information content (AvgIpc) is 3.37. The third-order valence-corrected chi connectivity index (χ3v) is 7.88. The monoisotopic (exact) mass is 473 g/mol. The van der Waals surface area contributed by atoms with E-state index in [4.69, 9.17) is 0 Å². The first-order valence-corrected chi connectivity index (χ1v) is 12.6. The van der Waals surface area contributed by atoms with Crippen LogP contribution in [0.1, 0.15) is 28.4 Å². The van der Waals surface area contributed by atoms with Gasteiger partial charge in [0.1, 0.15) is 0 Å². The Hall–Kier alpha value is -3.16. The molecule has 33 heavy (non-hydrogen) atoms. The van der Waals surface area contributed by atoms with Crippen molar-refractivity contribution in [2.75, 3.05) is 16.0 Å². The molecular weight excluding hydrogens is 450 g/mol. The van der Waals surface area contributed by atoms with Crippen LogP contribution in [0.2, 0.25) is 0 Å². The normalized spacial score (nSPS) is 15.0. The van der Waals surface area contributed by atoms with Crippen LogP contribution in [0.15, 0.2) is 71.1 Å². The highest BCUT2D eigenvalue weighted by Crippen LogP contribution is 2.35. The Bertz CT molecular complexity index is 1350. The van der Waals surface area contributed by atoms with Crippen molar-refractivity contribution in [3.8, 4) is 0 Å². The molecule has 1 aliphatic heterocycles. The Kier molecular flexibility index (Phi) is 5.91. The molecule has 0 saturated carbocycles. The summed E-state index contributed by atoms with van der Waals surface area (Å²) >= 11 is 3.00. The zero-order valence-corrected chi connectivity index (χ0v) is 20.0. The molecule has 5 rings (SSSR count). The van der Waals surface area contributed by atoms with Gasteiger partial charge >= 0.3 is 0 Å². The first-order chi connectivity index (χ1) is 16.0. The van der Waals surface area contributed by atoms with E-state index in [9.17, 15) is 9.59 Å². The molecule has 5 nitrogen and oxygen atoms in total. The van der Waals surface area contributed by atoms with E-state index in [0.717, 1.165) is 37.9 Å². The zero-order valence-electron chi connectivity index (χ0n) is 18.4. The molecule has 0 bridgehead atoms. The van der Waals surface area contributed by atoms with Crippen molar-refractivity contribution in [2.45, 2.75) is 30.6 Å². The molecule has 7 heteroatoms. The number of fused-ring (bicyclic) bond motifs is 2. The van der Waals surface area contributed by atoms with Crippen molar-refractivity contribution >= 4 is 56.5 Å². The minimum absolute atomic E-state index is 0.0998. The molecule has 1 N–H and O–H groups in total. The smallest absolute Gasteiger partial charge is 0.255 e. The fourth-order valence-corrected chi connectivity index (χ4v) is 6.06. The largest absolute Gasteiger partial charge is 0.322 e. The Labute approximate surface area is 200 Å². The van der Waals surface area contributed by atoms with E-state index < -0.39 is 0 Å². The molecule has 2 heterocycles. The Morgan fingerprint density at radius 1 is 1.12 bits per heavy atom. The van der Waals surface area contributed by atoms with Gasteiger partial charge in [-0.15, -0.1) is 11.3 Å². The highest BCUT2D eigenvalue weighted by Gasteiger charge is 2.30. The third-order valence-electron chi connectivity index (χ3n) is 5.74. The molecule has 0 radical (unpaired) electrons. The molecule has 1 aromatic heterocycles. The van der Waals surface area contributed by atoms with Crippen LogP contribution in [0.5, 0.6) is 0 Å². The number of hydrogen-bond acceptors (Lipinski definition) is 5. The summed E-state index contributed by atoms with van der Waals surface area (Å²) in [5.41, 5.74) is 5.58. The molecule has 1 atom stereocenters. The van der Waals surface area contributed by atoms with Gasteiger partial charge in [-0.2, -0.15) is 0 Å². The lowest BCUT2D eigenvalue weighted by Crippen LogP contribution is -2.36. The number of carbonyl (C=O) groups is 2. The van der Waals surface area contributed by atoms with E-state index in [1.54, 1.807) is 0 Å². The van der Waals surface area contributed by atoms with E-state index in [1.807, 2.05) is 72.5 Å². The molecule has 0 saturated heterocycles. The van der Waals surface area contributed by atoms with Crippen molar-refractivity contribution in [3.63, 3.8) is 0 Å². The number of aryl methyl sites for hydroxylation is 1. The summed E-state index contributed by atoms with van der Waals surface area (Å²) in [6.45, 7) is 4.08. The van der Waals surface area contributed by atoms with Crippen LogP contribution in [0.3, 0.4) is 0 Å². The van der Waals surface area contributed by atoms with Crippen LogP contribution in [0.25, 0.3) is 10.2 Å². The summed E-state index contributed by atoms with van der Waals surface area (Å²) in [4.78, 5) is 32.1.